The van der Waals surface area contributed by atoms with Gasteiger partial charge in [0.25, 0.3) is 0 Å². The first-order valence-corrected chi connectivity index (χ1v) is 11.8. The Morgan fingerprint density at radius 2 is 1.74 bits per heavy atom. The molecule has 2 aromatic heterocycles. The highest BCUT2D eigenvalue weighted by molar-refractivity contribution is 8.00. The number of thiophene rings is 1. The van der Waals surface area contributed by atoms with Crippen molar-refractivity contribution in [2.75, 3.05) is 5.75 Å². The average Bonchev–Trinajstić information content (AvgIpc) is 3.37. The number of carbonyl (C=O) groups is 1. The number of thioether (sulfide) groups is 1. The van der Waals surface area contributed by atoms with Gasteiger partial charge in [0.2, 0.25) is 0 Å². The van der Waals surface area contributed by atoms with Crippen molar-refractivity contribution in [3.05, 3.63) is 95.4 Å². The fraction of sp³-hybridized carbons (Fsp3) is 0.115. The zero-order chi connectivity index (χ0) is 21.5. The zero-order valence-corrected chi connectivity index (χ0v) is 18.5. The summed E-state index contributed by atoms with van der Waals surface area (Å²) in [5.74, 6) is 0.457. The predicted molar refractivity (Wildman–Crippen MR) is 128 cm³/mol. The van der Waals surface area contributed by atoms with Crippen LogP contribution in [0.25, 0.3) is 21.7 Å². The van der Waals surface area contributed by atoms with Crippen molar-refractivity contribution in [3.63, 3.8) is 0 Å². The number of nitrogens with zero attached hydrogens (tertiary/aromatic N) is 2. The minimum absolute atomic E-state index is 0.155. The third-order valence-corrected chi connectivity index (χ3v) is 6.79. The second kappa shape index (κ2) is 10.2. The minimum atomic E-state index is 0.155. The van der Waals surface area contributed by atoms with Crippen molar-refractivity contribution in [2.24, 2.45) is 0 Å². The second-order valence-electron chi connectivity index (χ2n) is 7.00. The molecule has 4 rings (SSSR count). The lowest BCUT2D eigenvalue weighted by Crippen LogP contribution is -2.04. The summed E-state index contributed by atoms with van der Waals surface area (Å²) >= 11 is 2.97. The number of hydrogen-bond acceptors (Lipinski definition) is 5. The van der Waals surface area contributed by atoms with Gasteiger partial charge in [-0.1, -0.05) is 78.5 Å². The van der Waals surface area contributed by atoms with Crippen molar-refractivity contribution in [1.29, 1.82) is 5.26 Å². The SMILES string of the molecule is N#Cc1c(-c2ccccc2)cc(-c2cccs2)nc1SCC(=O)CCc1ccccc1. The molecule has 0 N–H and O–H groups in total. The molecule has 0 unspecified atom stereocenters. The van der Waals surface area contributed by atoms with E-state index in [0.717, 1.165) is 33.7 Å². The largest absolute Gasteiger partial charge is 0.299 e. The Morgan fingerprint density at radius 1 is 1.00 bits per heavy atom. The Morgan fingerprint density at radius 3 is 2.42 bits per heavy atom. The first-order chi connectivity index (χ1) is 15.2. The molecule has 0 atom stereocenters. The van der Waals surface area contributed by atoms with Gasteiger partial charge in [0, 0.05) is 12.0 Å². The standard InChI is InChI=1S/C26H20N2OS2/c27-17-23-22(20-10-5-2-6-11-20)16-24(25-12-7-15-30-25)28-26(23)31-18-21(29)14-13-19-8-3-1-4-9-19/h1-12,15-16H,13-14,18H2. The molecule has 0 spiro atoms. The lowest BCUT2D eigenvalue weighted by Gasteiger charge is -2.11. The monoisotopic (exact) mass is 440 g/mol. The molecule has 0 fully saturated rings. The number of pyridine rings is 1. The number of aryl methyl sites for hydroxylation is 1. The van der Waals surface area contributed by atoms with E-state index in [9.17, 15) is 10.1 Å². The van der Waals surface area contributed by atoms with Crippen LogP contribution in [0.1, 0.15) is 17.5 Å². The van der Waals surface area contributed by atoms with Crippen LogP contribution in [0, 0.1) is 11.3 Å². The molecule has 0 amide bonds. The third kappa shape index (κ3) is 5.29. The number of rotatable bonds is 8. The highest BCUT2D eigenvalue weighted by Gasteiger charge is 2.17. The van der Waals surface area contributed by atoms with Crippen LogP contribution in [-0.2, 0) is 11.2 Å². The van der Waals surface area contributed by atoms with Crippen molar-refractivity contribution in [1.82, 2.24) is 4.98 Å². The first-order valence-electron chi connectivity index (χ1n) is 9.97. The third-order valence-electron chi connectivity index (χ3n) is 4.86. The fourth-order valence-corrected chi connectivity index (χ4v) is 4.87. The summed E-state index contributed by atoms with van der Waals surface area (Å²) in [6, 6.07) is 28.2. The maximum atomic E-state index is 12.5. The lowest BCUT2D eigenvalue weighted by atomic mass is 10.0. The van der Waals surface area contributed by atoms with Crippen molar-refractivity contribution >= 4 is 28.9 Å². The Balaban J connectivity index is 1.59. The number of carbonyl (C=O) groups excluding carboxylic acids is 1. The molecule has 0 aliphatic heterocycles. The van der Waals surface area contributed by atoms with Gasteiger partial charge in [-0.2, -0.15) is 5.26 Å². The van der Waals surface area contributed by atoms with Crippen LogP contribution < -0.4 is 0 Å². The van der Waals surface area contributed by atoms with Crippen LogP contribution in [0.2, 0.25) is 0 Å². The van der Waals surface area contributed by atoms with E-state index in [2.05, 4.69) is 6.07 Å². The summed E-state index contributed by atoms with van der Waals surface area (Å²) in [5, 5.41) is 12.5. The molecule has 0 saturated carbocycles. The summed E-state index contributed by atoms with van der Waals surface area (Å²) in [5.41, 5.74) is 4.32. The fourth-order valence-electron chi connectivity index (χ4n) is 3.28. The van der Waals surface area contributed by atoms with Gasteiger partial charge in [-0.05, 0) is 35.1 Å². The molecule has 4 aromatic rings. The number of aromatic nitrogens is 1. The van der Waals surface area contributed by atoms with Crippen LogP contribution in [0.3, 0.4) is 0 Å². The van der Waals surface area contributed by atoms with Crippen LogP contribution in [0.15, 0.2) is 89.3 Å². The van der Waals surface area contributed by atoms with Crippen molar-refractivity contribution in [2.45, 2.75) is 17.9 Å². The van der Waals surface area contributed by atoms with Gasteiger partial charge >= 0.3 is 0 Å². The molecule has 0 radical (unpaired) electrons. The van der Waals surface area contributed by atoms with Gasteiger partial charge in [-0.15, -0.1) is 11.3 Å². The van der Waals surface area contributed by atoms with Gasteiger partial charge in [0.05, 0.1) is 21.9 Å². The topological polar surface area (TPSA) is 53.8 Å². The Kier molecular flexibility index (Phi) is 6.93. The first kappa shape index (κ1) is 21.0. The maximum Gasteiger partial charge on any atom is 0.143 e. The number of benzene rings is 2. The van der Waals surface area contributed by atoms with Gasteiger partial charge in [-0.3, -0.25) is 4.79 Å². The Bertz CT molecular complexity index is 1200. The molecule has 152 valence electrons. The molecule has 0 aliphatic carbocycles. The molecule has 2 aromatic carbocycles. The van der Waals surface area contributed by atoms with E-state index in [1.54, 1.807) is 11.3 Å². The van der Waals surface area contributed by atoms with Gasteiger partial charge in [0.15, 0.2) is 0 Å². The van der Waals surface area contributed by atoms with E-state index in [1.165, 1.54) is 11.8 Å². The Hall–Kier alpha value is -3.20. The smallest absolute Gasteiger partial charge is 0.143 e. The number of Topliss-reactive ketones (excluding diaryl/α,β-unsaturated/α-hetero) is 1. The van der Waals surface area contributed by atoms with Gasteiger partial charge < -0.3 is 0 Å². The summed E-state index contributed by atoms with van der Waals surface area (Å²) < 4.78 is 0. The lowest BCUT2D eigenvalue weighted by molar-refractivity contribution is -0.116. The molecule has 0 saturated heterocycles. The summed E-state index contributed by atoms with van der Waals surface area (Å²) in [6.45, 7) is 0. The van der Waals surface area contributed by atoms with Crippen LogP contribution in [0.4, 0.5) is 0 Å². The molecule has 0 aliphatic rings. The molecule has 3 nitrogen and oxygen atoms in total. The van der Waals surface area contributed by atoms with E-state index in [1.807, 2.05) is 84.2 Å². The van der Waals surface area contributed by atoms with Crippen LogP contribution in [0.5, 0.6) is 0 Å². The summed E-state index contributed by atoms with van der Waals surface area (Å²) in [6.07, 6.45) is 1.21. The number of nitriles is 1. The highest BCUT2D eigenvalue weighted by atomic mass is 32.2. The van der Waals surface area contributed by atoms with Crippen molar-refractivity contribution in [3.8, 4) is 27.8 Å². The van der Waals surface area contributed by atoms with Gasteiger partial charge in [0.1, 0.15) is 16.9 Å². The summed E-state index contributed by atoms with van der Waals surface area (Å²) in [4.78, 5) is 18.3. The molecule has 0 bridgehead atoms. The van der Waals surface area contributed by atoms with Gasteiger partial charge in [-0.25, -0.2) is 4.98 Å². The normalized spacial score (nSPS) is 10.5. The molecule has 2 heterocycles. The molecule has 5 heteroatoms. The van der Waals surface area contributed by atoms with Crippen molar-refractivity contribution < 1.29 is 4.79 Å². The Labute approximate surface area is 190 Å². The number of hydrogen-bond donors (Lipinski definition) is 0. The molecule has 31 heavy (non-hydrogen) atoms. The van der Waals surface area contributed by atoms with E-state index in [0.29, 0.717) is 22.8 Å². The maximum absolute atomic E-state index is 12.5. The molecular formula is C26H20N2OS2. The highest BCUT2D eigenvalue weighted by Crippen LogP contribution is 2.35. The molecular weight excluding hydrogens is 420 g/mol. The number of ketones is 1. The second-order valence-corrected chi connectivity index (χ2v) is 8.92. The quantitative estimate of drug-likeness (QED) is 0.288. The predicted octanol–water partition coefficient (Wildman–Crippen LogP) is 6.64. The van der Waals surface area contributed by atoms with E-state index in [4.69, 9.17) is 4.98 Å². The minimum Gasteiger partial charge on any atom is -0.299 e. The average molecular weight is 441 g/mol. The van der Waals surface area contributed by atoms with E-state index < -0.39 is 0 Å². The zero-order valence-electron chi connectivity index (χ0n) is 16.8. The van der Waals surface area contributed by atoms with E-state index in [-0.39, 0.29) is 5.78 Å². The summed E-state index contributed by atoms with van der Waals surface area (Å²) in [7, 11) is 0. The van der Waals surface area contributed by atoms with E-state index >= 15 is 0 Å². The van der Waals surface area contributed by atoms with Crippen LogP contribution in [-0.4, -0.2) is 16.5 Å². The van der Waals surface area contributed by atoms with Crippen LogP contribution >= 0.6 is 23.1 Å².